The lowest BCUT2D eigenvalue weighted by Gasteiger charge is -2.09. The predicted molar refractivity (Wildman–Crippen MR) is 98.8 cm³/mol. The fourth-order valence-corrected chi connectivity index (χ4v) is 2.27. The molecule has 0 aromatic carbocycles. The number of aliphatic hydroxyl groups is 1. The molecule has 23 heavy (non-hydrogen) atoms. The fraction of sp³-hybridized carbons (Fsp3) is 0.800. The van der Waals surface area contributed by atoms with E-state index in [1.165, 1.54) is 57.8 Å². The van der Waals surface area contributed by atoms with Gasteiger partial charge in [-0.2, -0.15) is 0 Å². The van der Waals surface area contributed by atoms with Crippen molar-refractivity contribution in [3.05, 3.63) is 24.3 Å². The van der Waals surface area contributed by atoms with Crippen LogP contribution < -0.4 is 0 Å². The molecule has 0 spiro atoms. The SMILES string of the molecule is CCCC=CCCCCC=CCCCCCOC[C@@H](O)COC. The molecule has 0 aromatic heterocycles. The molecule has 1 N–H and O–H groups in total. The molecule has 0 bridgehead atoms. The van der Waals surface area contributed by atoms with Crippen molar-refractivity contribution in [2.75, 3.05) is 26.9 Å². The highest BCUT2D eigenvalue weighted by molar-refractivity contribution is 4.83. The molecule has 0 fully saturated rings. The summed E-state index contributed by atoms with van der Waals surface area (Å²) >= 11 is 0. The molecular formula is C20H38O3. The Morgan fingerprint density at radius 1 is 0.783 bits per heavy atom. The maximum Gasteiger partial charge on any atom is 0.101 e. The molecule has 0 radical (unpaired) electrons. The van der Waals surface area contributed by atoms with Crippen LogP contribution in [0.4, 0.5) is 0 Å². The number of hydrogen-bond acceptors (Lipinski definition) is 3. The normalized spacial score (nSPS) is 13.3. The third-order valence-electron chi connectivity index (χ3n) is 3.61. The van der Waals surface area contributed by atoms with Crippen LogP contribution in [-0.2, 0) is 9.47 Å². The second-order valence-electron chi connectivity index (χ2n) is 6.05. The van der Waals surface area contributed by atoms with Gasteiger partial charge in [0.1, 0.15) is 6.10 Å². The number of hydrogen-bond donors (Lipinski definition) is 1. The summed E-state index contributed by atoms with van der Waals surface area (Å²) in [5.74, 6) is 0. The lowest BCUT2D eigenvalue weighted by atomic mass is 10.1. The molecule has 0 saturated carbocycles. The van der Waals surface area contributed by atoms with Crippen molar-refractivity contribution in [1.29, 1.82) is 0 Å². The van der Waals surface area contributed by atoms with Gasteiger partial charge in [-0.3, -0.25) is 0 Å². The lowest BCUT2D eigenvalue weighted by molar-refractivity contribution is -0.00681. The molecule has 0 saturated heterocycles. The molecule has 0 rings (SSSR count). The molecule has 136 valence electrons. The summed E-state index contributed by atoms with van der Waals surface area (Å²) in [6.45, 7) is 3.67. The first-order valence-electron chi connectivity index (χ1n) is 9.36. The van der Waals surface area contributed by atoms with Gasteiger partial charge in [-0.05, 0) is 51.4 Å². The Morgan fingerprint density at radius 2 is 1.35 bits per heavy atom. The van der Waals surface area contributed by atoms with Gasteiger partial charge in [0.2, 0.25) is 0 Å². The smallest absolute Gasteiger partial charge is 0.101 e. The average molecular weight is 327 g/mol. The van der Waals surface area contributed by atoms with Crippen LogP contribution in [0.5, 0.6) is 0 Å². The first-order chi connectivity index (χ1) is 11.3. The van der Waals surface area contributed by atoms with E-state index in [2.05, 4.69) is 31.2 Å². The second-order valence-corrected chi connectivity index (χ2v) is 6.05. The fourth-order valence-electron chi connectivity index (χ4n) is 2.27. The van der Waals surface area contributed by atoms with Crippen LogP contribution in [0.25, 0.3) is 0 Å². The summed E-state index contributed by atoms with van der Waals surface area (Å²) in [5.41, 5.74) is 0. The van der Waals surface area contributed by atoms with E-state index in [1.807, 2.05) is 0 Å². The van der Waals surface area contributed by atoms with E-state index in [4.69, 9.17) is 9.47 Å². The van der Waals surface area contributed by atoms with Gasteiger partial charge in [0.05, 0.1) is 13.2 Å². The van der Waals surface area contributed by atoms with Crippen molar-refractivity contribution in [2.24, 2.45) is 0 Å². The highest BCUT2D eigenvalue weighted by Crippen LogP contribution is 2.05. The molecule has 0 amide bonds. The number of allylic oxidation sites excluding steroid dienone is 4. The number of aliphatic hydroxyl groups excluding tert-OH is 1. The number of unbranched alkanes of at least 4 members (excludes halogenated alkanes) is 7. The Hall–Kier alpha value is -0.640. The van der Waals surface area contributed by atoms with E-state index in [9.17, 15) is 5.11 Å². The van der Waals surface area contributed by atoms with Crippen LogP contribution in [0.15, 0.2) is 24.3 Å². The van der Waals surface area contributed by atoms with Crippen molar-refractivity contribution in [2.45, 2.75) is 77.2 Å². The van der Waals surface area contributed by atoms with Gasteiger partial charge in [-0.1, -0.05) is 44.1 Å². The largest absolute Gasteiger partial charge is 0.388 e. The Kier molecular flexibility index (Phi) is 18.9. The highest BCUT2D eigenvalue weighted by Gasteiger charge is 2.02. The molecule has 0 aliphatic carbocycles. The Morgan fingerprint density at radius 3 is 1.91 bits per heavy atom. The summed E-state index contributed by atoms with van der Waals surface area (Å²) in [4.78, 5) is 0. The lowest BCUT2D eigenvalue weighted by Crippen LogP contribution is -2.21. The first kappa shape index (κ1) is 22.4. The van der Waals surface area contributed by atoms with Gasteiger partial charge < -0.3 is 14.6 Å². The topological polar surface area (TPSA) is 38.7 Å². The Balaban J connectivity index is 3.17. The maximum atomic E-state index is 9.40. The number of methoxy groups -OCH3 is 1. The predicted octanol–water partition coefficient (Wildman–Crippen LogP) is 5.04. The number of rotatable bonds is 17. The van der Waals surface area contributed by atoms with Crippen LogP contribution in [0.3, 0.4) is 0 Å². The minimum absolute atomic E-state index is 0.347. The Bertz CT molecular complexity index is 274. The van der Waals surface area contributed by atoms with Crippen LogP contribution in [-0.4, -0.2) is 38.1 Å². The van der Waals surface area contributed by atoms with Gasteiger partial charge in [-0.25, -0.2) is 0 Å². The molecule has 3 nitrogen and oxygen atoms in total. The van der Waals surface area contributed by atoms with E-state index in [1.54, 1.807) is 7.11 Å². The molecule has 0 aliphatic heterocycles. The van der Waals surface area contributed by atoms with Crippen molar-refractivity contribution >= 4 is 0 Å². The third kappa shape index (κ3) is 19.3. The minimum Gasteiger partial charge on any atom is -0.388 e. The van der Waals surface area contributed by atoms with E-state index in [-0.39, 0.29) is 0 Å². The molecule has 0 unspecified atom stereocenters. The third-order valence-corrected chi connectivity index (χ3v) is 3.61. The summed E-state index contributed by atoms with van der Waals surface area (Å²) in [6, 6.07) is 0. The van der Waals surface area contributed by atoms with Crippen LogP contribution in [0.2, 0.25) is 0 Å². The summed E-state index contributed by atoms with van der Waals surface area (Å²) < 4.78 is 10.2. The van der Waals surface area contributed by atoms with Crippen LogP contribution in [0, 0.1) is 0 Å². The second kappa shape index (κ2) is 19.4. The number of ether oxygens (including phenoxy) is 2. The van der Waals surface area contributed by atoms with E-state index < -0.39 is 6.10 Å². The van der Waals surface area contributed by atoms with Crippen molar-refractivity contribution < 1.29 is 14.6 Å². The standard InChI is InChI=1S/C20H38O3/c1-3-4-5-6-7-8-9-10-11-12-13-14-15-16-17-23-19-20(21)18-22-2/h5-6,11-12,20-21H,3-4,7-10,13-19H2,1-2H3/t20-/m0/s1. The van der Waals surface area contributed by atoms with Crippen molar-refractivity contribution in [3.63, 3.8) is 0 Å². The summed E-state index contributed by atoms with van der Waals surface area (Å²) in [7, 11) is 1.58. The van der Waals surface area contributed by atoms with E-state index in [0.29, 0.717) is 13.2 Å². The van der Waals surface area contributed by atoms with Gasteiger partial charge in [0, 0.05) is 13.7 Å². The van der Waals surface area contributed by atoms with Gasteiger partial charge in [0.15, 0.2) is 0 Å². The van der Waals surface area contributed by atoms with Gasteiger partial charge in [0.25, 0.3) is 0 Å². The molecule has 0 aliphatic rings. The van der Waals surface area contributed by atoms with Crippen LogP contribution >= 0.6 is 0 Å². The summed E-state index contributed by atoms with van der Waals surface area (Å²) in [5, 5.41) is 9.40. The molecule has 1 atom stereocenters. The quantitative estimate of drug-likeness (QED) is 0.300. The monoisotopic (exact) mass is 326 g/mol. The molecule has 0 heterocycles. The van der Waals surface area contributed by atoms with E-state index in [0.717, 1.165) is 13.0 Å². The molecule has 0 aromatic rings. The molecular weight excluding hydrogens is 288 g/mol. The highest BCUT2D eigenvalue weighted by atomic mass is 16.5. The minimum atomic E-state index is -0.495. The zero-order valence-electron chi connectivity index (χ0n) is 15.3. The van der Waals surface area contributed by atoms with E-state index >= 15 is 0 Å². The summed E-state index contributed by atoms with van der Waals surface area (Å²) in [6.07, 6.45) is 20.9. The average Bonchev–Trinajstić information content (AvgIpc) is 2.54. The first-order valence-corrected chi connectivity index (χ1v) is 9.36. The van der Waals surface area contributed by atoms with Crippen molar-refractivity contribution in [3.8, 4) is 0 Å². The van der Waals surface area contributed by atoms with Gasteiger partial charge in [-0.15, -0.1) is 0 Å². The Labute approximate surface area is 143 Å². The van der Waals surface area contributed by atoms with Crippen molar-refractivity contribution in [1.82, 2.24) is 0 Å². The van der Waals surface area contributed by atoms with Gasteiger partial charge >= 0.3 is 0 Å². The molecule has 3 heteroatoms. The van der Waals surface area contributed by atoms with Crippen LogP contribution in [0.1, 0.15) is 71.1 Å². The maximum absolute atomic E-state index is 9.40. The zero-order chi connectivity index (χ0) is 17.0. The zero-order valence-corrected chi connectivity index (χ0v) is 15.3.